The molecule has 0 radical (unpaired) electrons. The third kappa shape index (κ3) is 9.97. The molecule has 0 saturated carbocycles. The number of rotatable bonds is 10. The smallest absolute Gasteiger partial charge is 0.320 e. The maximum atomic E-state index is 10.8. The van der Waals surface area contributed by atoms with Crippen LogP contribution in [0.15, 0.2) is 0 Å². The first-order valence-corrected chi connectivity index (χ1v) is 5.60. The van der Waals surface area contributed by atoms with E-state index in [-0.39, 0.29) is 12.8 Å². The van der Waals surface area contributed by atoms with Crippen molar-refractivity contribution < 1.29 is 30.0 Å². The third-order valence-corrected chi connectivity index (χ3v) is 2.15. The van der Waals surface area contributed by atoms with E-state index >= 15 is 0 Å². The van der Waals surface area contributed by atoms with Gasteiger partial charge in [0.15, 0.2) is 0 Å². The predicted molar refractivity (Wildman–Crippen MR) is 61.8 cm³/mol. The predicted octanol–water partition coefficient (Wildman–Crippen LogP) is -1.47. The van der Waals surface area contributed by atoms with Gasteiger partial charge in [-0.2, -0.15) is 0 Å². The Balaban J connectivity index is 3.77. The minimum absolute atomic E-state index is 0.00973. The summed E-state index contributed by atoms with van der Waals surface area (Å²) in [6, 6.07) is -0.907. The summed E-state index contributed by atoms with van der Waals surface area (Å²) in [6.45, 7) is 1.80. The molecular weight excluding hydrogens is 244 g/mol. The summed E-state index contributed by atoms with van der Waals surface area (Å²) in [4.78, 5) is 21.1. The van der Waals surface area contributed by atoms with Gasteiger partial charge in [0, 0.05) is 19.9 Å². The molecule has 1 atom stereocenters. The molecule has 0 aliphatic carbocycles. The van der Waals surface area contributed by atoms with Crippen molar-refractivity contribution in [3.8, 4) is 0 Å². The summed E-state index contributed by atoms with van der Waals surface area (Å²) in [5.74, 6) is -4.09. The van der Waals surface area contributed by atoms with Gasteiger partial charge in [-0.3, -0.25) is 14.9 Å². The highest BCUT2D eigenvalue weighted by Crippen LogP contribution is 1.98. The lowest BCUT2D eigenvalue weighted by atomic mass is 10.1. The van der Waals surface area contributed by atoms with E-state index < -0.39 is 23.9 Å². The first kappa shape index (κ1) is 16.8. The molecule has 0 aliphatic heterocycles. The molecular formula is C10H20N2O6. The largest absolute Gasteiger partial charge is 0.481 e. The van der Waals surface area contributed by atoms with Crippen LogP contribution in [-0.4, -0.2) is 57.4 Å². The van der Waals surface area contributed by atoms with E-state index in [9.17, 15) is 9.59 Å². The highest BCUT2D eigenvalue weighted by atomic mass is 16.5. The van der Waals surface area contributed by atoms with Gasteiger partial charge in [0.1, 0.15) is 6.04 Å². The van der Waals surface area contributed by atoms with Crippen LogP contribution in [-0.2, 0) is 9.59 Å². The summed E-state index contributed by atoms with van der Waals surface area (Å²) in [5.41, 5.74) is 0. The van der Waals surface area contributed by atoms with E-state index in [0.717, 1.165) is 0 Å². The molecule has 0 aromatic carbocycles. The Morgan fingerprint density at radius 1 is 1.22 bits per heavy atom. The minimum atomic E-state index is -1.95. The second-order valence-corrected chi connectivity index (χ2v) is 4.08. The van der Waals surface area contributed by atoms with Crippen LogP contribution in [0.1, 0.15) is 26.2 Å². The lowest BCUT2D eigenvalue weighted by Gasteiger charge is -2.18. The molecule has 8 heteroatoms. The number of aliphatic carboxylic acids is 2. The van der Waals surface area contributed by atoms with Crippen LogP contribution in [0, 0.1) is 0 Å². The maximum Gasteiger partial charge on any atom is 0.320 e. The Labute approximate surface area is 105 Å². The van der Waals surface area contributed by atoms with E-state index in [0.29, 0.717) is 19.5 Å². The van der Waals surface area contributed by atoms with Gasteiger partial charge in [-0.05, 0) is 19.4 Å². The normalized spacial score (nSPS) is 13.3. The van der Waals surface area contributed by atoms with Crippen LogP contribution in [0.2, 0.25) is 0 Å². The van der Waals surface area contributed by atoms with Crippen LogP contribution >= 0.6 is 0 Å². The van der Waals surface area contributed by atoms with Crippen molar-refractivity contribution >= 4 is 11.9 Å². The zero-order valence-corrected chi connectivity index (χ0v) is 10.2. The first-order valence-electron chi connectivity index (χ1n) is 5.60. The zero-order chi connectivity index (χ0) is 14.2. The quantitative estimate of drug-likeness (QED) is 0.208. The van der Waals surface area contributed by atoms with Crippen molar-refractivity contribution in [1.29, 1.82) is 0 Å². The second-order valence-electron chi connectivity index (χ2n) is 4.08. The average molecular weight is 264 g/mol. The second kappa shape index (κ2) is 7.98. The average Bonchev–Trinajstić information content (AvgIpc) is 2.19. The molecule has 0 amide bonds. The van der Waals surface area contributed by atoms with Crippen LogP contribution in [0.4, 0.5) is 0 Å². The van der Waals surface area contributed by atoms with E-state index in [1.165, 1.54) is 6.92 Å². The molecule has 6 N–H and O–H groups in total. The fourth-order valence-electron chi connectivity index (χ4n) is 1.27. The van der Waals surface area contributed by atoms with E-state index in [2.05, 4.69) is 10.6 Å². The van der Waals surface area contributed by atoms with Gasteiger partial charge in [0.05, 0.1) is 0 Å². The number of nitrogens with one attached hydrogen (secondary N) is 2. The van der Waals surface area contributed by atoms with Crippen LogP contribution in [0.3, 0.4) is 0 Å². The van der Waals surface area contributed by atoms with Crippen molar-refractivity contribution in [2.24, 2.45) is 0 Å². The highest BCUT2D eigenvalue weighted by molar-refractivity contribution is 5.75. The molecule has 0 heterocycles. The molecule has 0 rings (SSSR count). The van der Waals surface area contributed by atoms with Gasteiger partial charge in [0.2, 0.25) is 5.91 Å². The summed E-state index contributed by atoms with van der Waals surface area (Å²) >= 11 is 0. The Morgan fingerprint density at radius 2 is 1.83 bits per heavy atom. The van der Waals surface area contributed by atoms with Crippen molar-refractivity contribution in [1.82, 2.24) is 10.6 Å². The number of aliphatic hydroxyl groups is 2. The van der Waals surface area contributed by atoms with Gasteiger partial charge >= 0.3 is 11.9 Å². The molecule has 0 aromatic rings. The highest BCUT2D eigenvalue weighted by Gasteiger charge is 2.18. The molecule has 18 heavy (non-hydrogen) atoms. The number of carboxylic acid groups (broad SMARTS) is 2. The summed E-state index contributed by atoms with van der Waals surface area (Å²) in [5, 5.41) is 40.2. The Hall–Kier alpha value is -1.22. The molecule has 8 nitrogen and oxygen atoms in total. The van der Waals surface area contributed by atoms with Gasteiger partial charge in [0.25, 0.3) is 0 Å². The van der Waals surface area contributed by atoms with Gasteiger partial charge in [-0.1, -0.05) is 0 Å². The zero-order valence-electron chi connectivity index (χ0n) is 10.2. The number of carboxylic acids is 2. The maximum absolute atomic E-state index is 10.8. The van der Waals surface area contributed by atoms with Crippen LogP contribution < -0.4 is 10.6 Å². The monoisotopic (exact) mass is 264 g/mol. The summed E-state index contributed by atoms with van der Waals surface area (Å²) < 4.78 is 0. The Morgan fingerprint density at radius 3 is 2.28 bits per heavy atom. The molecule has 0 bridgehead atoms. The number of hydrogen-bond acceptors (Lipinski definition) is 6. The fraction of sp³-hybridized carbons (Fsp3) is 0.800. The lowest BCUT2D eigenvalue weighted by molar-refractivity contribution is -0.169. The molecule has 0 spiro atoms. The molecule has 0 aromatic heterocycles. The molecule has 0 unspecified atom stereocenters. The van der Waals surface area contributed by atoms with Crippen molar-refractivity contribution in [3.63, 3.8) is 0 Å². The van der Waals surface area contributed by atoms with E-state index in [1.54, 1.807) is 0 Å². The fourth-order valence-corrected chi connectivity index (χ4v) is 1.27. The number of hydrogen-bond donors (Lipinski definition) is 6. The summed E-state index contributed by atoms with van der Waals surface area (Å²) in [7, 11) is 0. The number of carbonyl (C=O) groups is 2. The van der Waals surface area contributed by atoms with E-state index in [4.69, 9.17) is 20.4 Å². The molecule has 0 fully saturated rings. The third-order valence-electron chi connectivity index (χ3n) is 2.15. The lowest BCUT2D eigenvalue weighted by Crippen LogP contribution is -2.44. The van der Waals surface area contributed by atoms with E-state index in [1.807, 2.05) is 0 Å². The van der Waals surface area contributed by atoms with Crippen molar-refractivity contribution in [2.45, 2.75) is 38.1 Å². The molecule has 0 saturated heterocycles. The Bertz CT molecular complexity index is 276. The van der Waals surface area contributed by atoms with Gasteiger partial charge in [-0.15, -0.1) is 0 Å². The van der Waals surface area contributed by atoms with Crippen LogP contribution in [0.5, 0.6) is 0 Å². The van der Waals surface area contributed by atoms with Crippen LogP contribution in [0.25, 0.3) is 0 Å². The van der Waals surface area contributed by atoms with Crippen molar-refractivity contribution in [2.75, 3.05) is 13.1 Å². The molecule has 106 valence electrons. The SMILES string of the molecule is CC(O)(O)NCCCN[C@@H](CCC(=O)O)C(=O)O. The summed E-state index contributed by atoms with van der Waals surface area (Å²) in [6.07, 6.45) is 0.275. The molecule has 0 aliphatic rings. The van der Waals surface area contributed by atoms with Crippen molar-refractivity contribution in [3.05, 3.63) is 0 Å². The van der Waals surface area contributed by atoms with Gasteiger partial charge in [-0.25, -0.2) is 0 Å². The minimum Gasteiger partial charge on any atom is -0.481 e. The standard InChI is InChI=1S/C10H20N2O6/c1-10(17,18)12-6-2-5-11-7(9(15)16)3-4-8(13)14/h7,11-12,17-18H,2-6H2,1H3,(H,13,14)(H,15,16)/t7-/m0/s1. The Kier molecular flexibility index (Phi) is 7.44. The topological polar surface area (TPSA) is 139 Å². The first-order chi connectivity index (χ1) is 8.22. The van der Waals surface area contributed by atoms with Gasteiger partial charge < -0.3 is 25.7 Å².